The molecule has 0 radical (unpaired) electrons. The fraction of sp³-hybridized carbons (Fsp3) is 0.778. The van der Waals surface area contributed by atoms with Crippen molar-refractivity contribution >= 4 is 15.9 Å². The van der Waals surface area contributed by atoms with Gasteiger partial charge in [0.25, 0.3) is 4.80 Å². The number of aromatic nitrogens is 2. The molecular formula is C9H13BrN2O. The number of halogens is 1. The molecule has 0 saturated heterocycles. The van der Waals surface area contributed by atoms with Crippen LogP contribution in [0.2, 0.25) is 0 Å². The van der Waals surface area contributed by atoms with E-state index in [0.717, 1.165) is 5.89 Å². The zero-order chi connectivity index (χ0) is 9.10. The van der Waals surface area contributed by atoms with Crippen molar-refractivity contribution in [2.45, 2.75) is 44.4 Å². The summed E-state index contributed by atoms with van der Waals surface area (Å²) >= 11 is 3.18. The fourth-order valence-corrected chi connectivity index (χ4v) is 2.15. The minimum absolute atomic E-state index is 0.501. The van der Waals surface area contributed by atoms with Crippen molar-refractivity contribution in [3.8, 4) is 0 Å². The van der Waals surface area contributed by atoms with Gasteiger partial charge in [-0.3, -0.25) is 0 Å². The Kier molecular flexibility index (Phi) is 2.98. The van der Waals surface area contributed by atoms with Crippen LogP contribution in [0.5, 0.6) is 0 Å². The lowest BCUT2D eigenvalue weighted by Gasteiger charge is -2.07. The van der Waals surface area contributed by atoms with E-state index >= 15 is 0 Å². The van der Waals surface area contributed by atoms with Gasteiger partial charge in [0.1, 0.15) is 0 Å². The molecule has 0 atom stereocenters. The molecule has 72 valence electrons. The van der Waals surface area contributed by atoms with Crippen molar-refractivity contribution in [3.05, 3.63) is 10.7 Å². The van der Waals surface area contributed by atoms with Gasteiger partial charge in [-0.05, 0) is 12.8 Å². The predicted octanol–water partition coefficient (Wildman–Crippen LogP) is 3.27. The van der Waals surface area contributed by atoms with Gasteiger partial charge in [0.15, 0.2) is 0 Å². The monoisotopic (exact) mass is 244 g/mol. The minimum atomic E-state index is 0.501. The smallest absolute Gasteiger partial charge is 0.284 e. The van der Waals surface area contributed by atoms with Crippen molar-refractivity contribution in [2.75, 3.05) is 0 Å². The summed E-state index contributed by atoms with van der Waals surface area (Å²) < 4.78 is 5.37. The van der Waals surface area contributed by atoms with Crippen molar-refractivity contribution in [2.24, 2.45) is 0 Å². The van der Waals surface area contributed by atoms with E-state index in [1.165, 1.54) is 38.5 Å². The zero-order valence-corrected chi connectivity index (χ0v) is 9.09. The third-order valence-electron chi connectivity index (χ3n) is 2.62. The quantitative estimate of drug-likeness (QED) is 0.712. The second-order valence-electron chi connectivity index (χ2n) is 3.58. The molecule has 0 aliphatic heterocycles. The van der Waals surface area contributed by atoms with Gasteiger partial charge in [-0.1, -0.05) is 25.7 Å². The van der Waals surface area contributed by atoms with Crippen LogP contribution in [0.15, 0.2) is 9.22 Å². The molecule has 1 saturated carbocycles. The van der Waals surface area contributed by atoms with Crippen LogP contribution in [0.3, 0.4) is 0 Å². The maximum Gasteiger partial charge on any atom is 0.284 e. The Morgan fingerprint density at radius 3 is 2.31 bits per heavy atom. The molecule has 1 aliphatic rings. The molecule has 1 fully saturated rings. The van der Waals surface area contributed by atoms with Crippen LogP contribution < -0.4 is 0 Å². The summed E-state index contributed by atoms with van der Waals surface area (Å²) in [5.41, 5.74) is 0. The summed E-state index contributed by atoms with van der Waals surface area (Å²) in [6.07, 6.45) is 7.70. The van der Waals surface area contributed by atoms with Crippen molar-refractivity contribution in [1.29, 1.82) is 0 Å². The normalized spacial score (nSPS) is 20.1. The fourth-order valence-electron chi connectivity index (χ4n) is 1.91. The molecule has 1 aromatic rings. The first-order valence-corrected chi connectivity index (χ1v) is 5.64. The van der Waals surface area contributed by atoms with Crippen LogP contribution in [0.1, 0.15) is 50.3 Å². The molecule has 4 heteroatoms. The van der Waals surface area contributed by atoms with E-state index in [9.17, 15) is 0 Å². The molecule has 1 aromatic heterocycles. The van der Waals surface area contributed by atoms with E-state index in [1.54, 1.807) is 0 Å². The Labute approximate surface area is 86.0 Å². The highest BCUT2D eigenvalue weighted by atomic mass is 79.9. The summed E-state index contributed by atoms with van der Waals surface area (Å²) in [6, 6.07) is 0. The molecule has 13 heavy (non-hydrogen) atoms. The second-order valence-corrected chi connectivity index (χ2v) is 4.26. The summed E-state index contributed by atoms with van der Waals surface area (Å²) in [7, 11) is 0. The number of nitrogens with zero attached hydrogens (tertiary/aromatic N) is 2. The van der Waals surface area contributed by atoms with Gasteiger partial charge >= 0.3 is 0 Å². The van der Waals surface area contributed by atoms with Gasteiger partial charge in [-0.15, -0.1) is 10.2 Å². The molecule has 1 heterocycles. The molecule has 0 N–H and O–H groups in total. The molecule has 0 amide bonds. The Hall–Kier alpha value is -0.380. The topological polar surface area (TPSA) is 38.9 Å². The maximum atomic E-state index is 5.37. The number of hydrogen-bond donors (Lipinski definition) is 0. The Balaban J connectivity index is 2.06. The minimum Gasteiger partial charge on any atom is -0.415 e. The second kappa shape index (κ2) is 4.22. The highest BCUT2D eigenvalue weighted by Gasteiger charge is 2.19. The van der Waals surface area contributed by atoms with Crippen molar-refractivity contribution < 1.29 is 4.42 Å². The van der Waals surface area contributed by atoms with Gasteiger partial charge in [-0.2, -0.15) is 0 Å². The average molecular weight is 245 g/mol. The highest BCUT2D eigenvalue weighted by Crippen LogP contribution is 2.31. The zero-order valence-electron chi connectivity index (χ0n) is 7.50. The summed E-state index contributed by atoms with van der Waals surface area (Å²) in [5, 5.41) is 7.84. The SMILES string of the molecule is Brc1nnc(C2CCCCCC2)o1. The lowest BCUT2D eigenvalue weighted by Crippen LogP contribution is -1.97. The Bertz CT molecular complexity index is 266. The predicted molar refractivity (Wildman–Crippen MR) is 52.4 cm³/mol. The summed E-state index contributed by atoms with van der Waals surface area (Å²) in [4.78, 5) is 0.506. The van der Waals surface area contributed by atoms with E-state index in [1.807, 2.05) is 0 Å². The van der Waals surface area contributed by atoms with Crippen molar-refractivity contribution in [3.63, 3.8) is 0 Å². The number of hydrogen-bond acceptors (Lipinski definition) is 3. The third kappa shape index (κ3) is 2.30. The van der Waals surface area contributed by atoms with E-state index in [4.69, 9.17) is 4.42 Å². The van der Waals surface area contributed by atoms with Crippen LogP contribution >= 0.6 is 15.9 Å². The average Bonchev–Trinajstić information content (AvgIpc) is 2.43. The molecule has 2 rings (SSSR count). The van der Waals surface area contributed by atoms with Crippen LogP contribution in [-0.4, -0.2) is 10.2 Å². The lowest BCUT2D eigenvalue weighted by molar-refractivity contribution is 0.406. The van der Waals surface area contributed by atoms with Gasteiger partial charge in [-0.25, -0.2) is 0 Å². The van der Waals surface area contributed by atoms with Crippen LogP contribution in [0.4, 0.5) is 0 Å². The molecule has 1 aliphatic carbocycles. The molecule has 0 aromatic carbocycles. The third-order valence-corrected chi connectivity index (χ3v) is 2.94. The van der Waals surface area contributed by atoms with Crippen LogP contribution in [0.25, 0.3) is 0 Å². The molecule has 0 spiro atoms. The first kappa shape index (κ1) is 9.19. The maximum absolute atomic E-state index is 5.37. The van der Waals surface area contributed by atoms with E-state index in [-0.39, 0.29) is 0 Å². The summed E-state index contributed by atoms with van der Waals surface area (Å²) in [5.74, 6) is 1.31. The Morgan fingerprint density at radius 1 is 1.08 bits per heavy atom. The largest absolute Gasteiger partial charge is 0.415 e. The Morgan fingerprint density at radius 2 is 1.77 bits per heavy atom. The van der Waals surface area contributed by atoms with Crippen LogP contribution in [-0.2, 0) is 0 Å². The molecule has 0 unspecified atom stereocenters. The first-order valence-electron chi connectivity index (χ1n) is 4.85. The van der Waals surface area contributed by atoms with E-state index < -0.39 is 0 Å². The van der Waals surface area contributed by atoms with Crippen LogP contribution in [0, 0.1) is 0 Å². The van der Waals surface area contributed by atoms with E-state index in [0.29, 0.717) is 10.7 Å². The first-order chi connectivity index (χ1) is 6.36. The molecule has 0 bridgehead atoms. The lowest BCUT2D eigenvalue weighted by atomic mass is 10.0. The van der Waals surface area contributed by atoms with Gasteiger partial charge in [0, 0.05) is 21.8 Å². The van der Waals surface area contributed by atoms with E-state index in [2.05, 4.69) is 26.1 Å². The van der Waals surface area contributed by atoms with Gasteiger partial charge in [0.05, 0.1) is 0 Å². The van der Waals surface area contributed by atoms with Gasteiger partial charge in [0.2, 0.25) is 5.89 Å². The summed E-state index contributed by atoms with van der Waals surface area (Å²) in [6.45, 7) is 0. The molecular weight excluding hydrogens is 232 g/mol. The molecule has 3 nitrogen and oxygen atoms in total. The van der Waals surface area contributed by atoms with Gasteiger partial charge < -0.3 is 4.42 Å². The number of rotatable bonds is 1. The van der Waals surface area contributed by atoms with Crippen molar-refractivity contribution in [1.82, 2.24) is 10.2 Å². The standard InChI is InChI=1S/C9H13BrN2O/c10-9-12-11-8(13-9)7-5-3-1-2-4-6-7/h7H,1-6H2. The highest BCUT2D eigenvalue weighted by molar-refractivity contribution is 9.10.